The number of Topliss-reactive ketones (excluding diaryl/α,β-unsaturated/α-hetero) is 1. The van der Waals surface area contributed by atoms with E-state index >= 15 is 0 Å². The van der Waals surface area contributed by atoms with E-state index in [0.717, 1.165) is 11.1 Å². The number of hydrogen-bond donors (Lipinski definition) is 1. The minimum Gasteiger partial charge on any atom is -0.490 e. The number of esters is 1. The number of fused-ring (bicyclic) bond motifs is 2. The van der Waals surface area contributed by atoms with Gasteiger partial charge in [0.25, 0.3) is 0 Å². The van der Waals surface area contributed by atoms with Crippen LogP contribution in [0.4, 0.5) is 0 Å². The Balaban J connectivity index is 1.63. The molecule has 0 aromatic heterocycles. The average Bonchev–Trinajstić information content (AvgIpc) is 3.19. The number of dihydropyridines is 1. The largest absolute Gasteiger partial charge is 0.490 e. The highest BCUT2D eigenvalue weighted by atomic mass is 79.9. The van der Waals surface area contributed by atoms with Crippen molar-refractivity contribution in [1.29, 1.82) is 0 Å². The molecule has 6 nitrogen and oxygen atoms in total. The first kappa shape index (κ1) is 26.1. The molecule has 8 heteroatoms. The number of ether oxygens (including phenoxy) is 3. The van der Waals surface area contributed by atoms with Crippen molar-refractivity contribution in [3.8, 4) is 11.5 Å². The first-order valence-electron chi connectivity index (χ1n) is 12.1. The van der Waals surface area contributed by atoms with Gasteiger partial charge >= 0.3 is 5.97 Å². The Hall–Kier alpha value is -3.55. The number of rotatable bonds is 7. The normalized spacial score (nSPS) is 16.1. The number of methoxy groups -OCH3 is 1. The molecule has 0 radical (unpaired) electrons. The van der Waals surface area contributed by atoms with Gasteiger partial charge in [0, 0.05) is 37.5 Å². The SMILES string of the molecule is CCOc1cc([C@@H]2C(C(=O)OC)=C(C)NC3=C2C(=O)c2ccccc23)c(Br)cc1OCc1ccccc1Cl. The zero-order valence-corrected chi connectivity index (χ0v) is 23.4. The molecule has 1 atom stereocenters. The maximum atomic E-state index is 13.7. The number of carbonyl (C=O) groups excluding carboxylic acids is 2. The second-order valence-corrected chi connectivity index (χ2v) is 10.1. The predicted molar refractivity (Wildman–Crippen MR) is 149 cm³/mol. The summed E-state index contributed by atoms with van der Waals surface area (Å²) in [6.45, 7) is 4.33. The number of allylic oxidation sites excluding steroid dienone is 2. The lowest BCUT2D eigenvalue weighted by molar-refractivity contribution is -0.136. The van der Waals surface area contributed by atoms with E-state index < -0.39 is 11.9 Å². The van der Waals surface area contributed by atoms with Crippen molar-refractivity contribution >= 4 is 45.0 Å². The molecule has 0 fully saturated rings. The summed E-state index contributed by atoms with van der Waals surface area (Å²) in [7, 11) is 1.33. The molecular weight excluding hydrogens is 570 g/mol. The smallest absolute Gasteiger partial charge is 0.336 e. The van der Waals surface area contributed by atoms with Crippen molar-refractivity contribution in [2.24, 2.45) is 0 Å². The van der Waals surface area contributed by atoms with Crippen molar-refractivity contribution in [2.45, 2.75) is 26.4 Å². The third-order valence-corrected chi connectivity index (χ3v) is 7.72. The fourth-order valence-electron chi connectivity index (χ4n) is 4.94. The summed E-state index contributed by atoms with van der Waals surface area (Å²) in [5, 5.41) is 3.91. The maximum absolute atomic E-state index is 13.7. The molecule has 1 aliphatic carbocycles. The fraction of sp³-hybridized carbons (Fsp3) is 0.200. The summed E-state index contributed by atoms with van der Waals surface area (Å²) in [6, 6.07) is 18.5. The summed E-state index contributed by atoms with van der Waals surface area (Å²) >= 11 is 10.0. The van der Waals surface area contributed by atoms with Crippen LogP contribution in [0.1, 0.15) is 46.8 Å². The van der Waals surface area contributed by atoms with Gasteiger partial charge in [-0.1, -0.05) is 70.0 Å². The Bertz CT molecular complexity index is 1530. The van der Waals surface area contributed by atoms with Gasteiger partial charge in [0.1, 0.15) is 6.61 Å². The van der Waals surface area contributed by atoms with Crippen LogP contribution in [-0.4, -0.2) is 25.5 Å². The van der Waals surface area contributed by atoms with Crippen LogP contribution in [-0.2, 0) is 16.1 Å². The Kier molecular flexibility index (Phi) is 7.32. The first-order chi connectivity index (χ1) is 18.3. The van der Waals surface area contributed by atoms with Gasteiger partial charge < -0.3 is 19.5 Å². The van der Waals surface area contributed by atoms with E-state index in [1.54, 1.807) is 12.1 Å². The molecule has 1 aliphatic heterocycles. The van der Waals surface area contributed by atoms with Gasteiger partial charge in [0.2, 0.25) is 0 Å². The second-order valence-electron chi connectivity index (χ2n) is 8.89. The summed E-state index contributed by atoms with van der Waals surface area (Å²) in [5.41, 5.74) is 5.10. The van der Waals surface area contributed by atoms with Gasteiger partial charge in [-0.3, -0.25) is 4.79 Å². The van der Waals surface area contributed by atoms with Crippen LogP contribution in [0, 0.1) is 0 Å². The van der Waals surface area contributed by atoms with E-state index in [0.29, 0.717) is 61.3 Å². The van der Waals surface area contributed by atoms with Crippen molar-refractivity contribution in [1.82, 2.24) is 5.32 Å². The minimum atomic E-state index is -0.690. The van der Waals surface area contributed by atoms with E-state index in [9.17, 15) is 9.59 Å². The van der Waals surface area contributed by atoms with Crippen LogP contribution in [0.15, 0.2) is 82.0 Å². The molecule has 0 bridgehead atoms. The molecule has 0 unspecified atom stereocenters. The van der Waals surface area contributed by atoms with Crippen molar-refractivity contribution in [3.63, 3.8) is 0 Å². The summed E-state index contributed by atoms with van der Waals surface area (Å²) in [5.74, 6) is -0.343. The molecule has 1 N–H and O–H groups in total. The van der Waals surface area contributed by atoms with Gasteiger partial charge in [0.15, 0.2) is 17.3 Å². The topological polar surface area (TPSA) is 73.9 Å². The maximum Gasteiger partial charge on any atom is 0.336 e. The molecule has 0 amide bonds. The molecule has 2 aliphatic rings. The lowest BCUT2D eigenvalue weighted by Crippen LogP contribution is -2.29. The summed E-state index contributed by atoms with van der Waals surface area (Å²) in [6.07, 6.45) is 0. The van der Waals surface area contributed by atoms with Crippen LogP contribution in [0.5, 0.6) is 11.5 Å². The molecular formula is C30H25BrClNO5. The number of nitrogens with one attached hydrogen (secondary N) is 1. The third-order valence-electron chi connectivity index (χ3n) is 6.67. The monoisotopic (exact) mass is 593 g/mol. The van der Waals surface area contributed by atoms with Crippen LogP contribution in [0.25, 0.3) is 5.70 Å². The average molecular weight is 595 g/mol. The Labute approximate surface area is 234 Å². The number of ketones is 1. The molecule has 38 heavy (non-hydrogen) atoms. The molecule has 0 saturated heterocycles. The molecule has 1 heterocycles. The van der Waals surface area contributed by atoms with E-state index in [1.165, 1.54) is 7.11 Å². The van der Waals surface area contributed by atoms with Gasteiger partial charge in [-0.15, -0.1) is 0 Å². The highest BCUT2D eigenvalue weighted by molar-refractivity contribution is 9.10. The van der Waals surface area contributed by atoms with Gasteiger partial charge in [0.05, 0.1) is 30.9 Å². The minimum absolute atomic E-state index is 0.133. The molecule has 194 valence electrons. The van der Waals surface area contributed by atoms with Gasteiger partial charge in [-0.25, -0.2) is 4.79 Å². The van der Waals surface area contributed by atoms with E-state index in [-0.39, 0.29) is 12.4 Å². The van der Waals surface area contributed by atoms with Crippen molar-refractivity contribution in [2.75, 3.05) is 13.7 Å². The predicted octanol–water partition coefficient (Wildman–Crippen LogP) is 6.82. The lowest BCUT2D eigenvalue weighted by Gasteiger charge is -2.30. The standard InChI is InChI=1S/C30H25BrClNO5/c1-4-37-23-13-20(21(31)14-24(23)38-15-17-9-5-8-12-22(17)32)26-25(30(35)36-3)16(2)33-28-18-10-6-7-11-19(18)29(34)27(26)28/h5-14,26,33H,4,15H2,1-3H3/t26-/m1/s1. The summed E-state index contributed by atoms with van der Waals surface area (Å²) < 4.78 is 17.9. The van der Waals surface area contributed by atoms with Crippen molar-refractivity contribution in [3.05, 3.63) is 109 Å². The van der Waals surface area contributed by atoms with E-state index in [4.69, 9.17) is 25.8 Å². The van der Waals surface area contributed by atoms with Gasteiger partial charge in [-0.05, 0) is 37.6 Å². The third kappa shape index (κ3) is 4.50. The highest BCUT2D eigenvalue weighted by Crippen LogP contribution is 2.50. The highest BCUT2D eigenvalue weighted by Gasteiger charge is 2.43. The van der Waals surface area contributed by atoms with E-state index in [1.807, 2.05) is 62.4 Å². The van der Waals surface area contributed by atoms with Crippen LogP contribution < -0.4 is 14.8 Å². The quantitative estimate of drug-likeness (QED) is 0.303. The van der Waals surface area contributed by atoms with Crippen molar-refractivity contribution < 1.29 is 23.8 Å². The van der Waals surface area contributed by atoms with Crippen LogP contribution in [0.3, 0.4) is 0 Å². The van der Waals surface area contributed by atoms with E-state index in [2.05, 4.69) is 21.2 Å². The summed E-state index contributed by atoms with van der Waals surface area (Å²) in [4.78, 5) is 26.8. The number of benzene rings is 3. The molecule has 3 aromatic carbocycles. The Morgan fingerprint density at radius 1 is 1.03 bits per heavy atom. The number of halogens is 2. The second kappa shape index (κ2) is 10.7. The molecule has 0 spiro atoms. The van der Waals surface area contributed by atoms with Gasteiger partial charge in [-0.2, -0.15) is 0 Å². The van der Waals surface area contributed by atoms with Crippen LogP contribution >= 0.6 is 27.5 Å². The molecule has 5 rings (SSSR count). The first-order valence-corrected chi connectivity index (χ1v) is 13.3. The Morgan fingerprint density at radius 3 is 2.42 bits per heavy atom. The number of hydrogen-bond acceptors (Lipinski definition) is 6. The number of carbonyl (C=O) groups is 2. The zero-order valence-electron chi connectivity index (χ0n) is 21.1. The Morgan fingerprint density at radius 2 is 1.71 bits per heavy atom. The molecule has 3 aromatic rings. The lowest BCUT2D eigenvalue weighted by atomic mass is 9.79. The fourth-order valence-corrected chi connectivity index (χ4v) is 5.69. The molecule has 0 saturated carbocycles. The van der Waals surface area contributed by atoms with Crippen LogP contribution in [0.2, 0.25) is 5.02 Å². The zero-order chi connectivity index (χ0) is 27.0.